The highest BCUT2D eigenvalue weighted by molar-refractivity contribution is 5.81. The van der Waals surface area contributed by atoms with Crippen molar-refractivity contribution < 1.29 is 14.0 Å². The highest BCUT2D eigenvalue weighted by Gasteiger charge is 2.11. The number of rotatable bonds is 5. The lowest BCUT2D eigenvalue weighted by Crippen LogP contribution is -2.35. The van der Waals surface area contributed by atoms with Crippen LogP contribution >= 0.6 is 0 Å². The molecule has 0 heterocycles. The van der Waals surface area contributed by atoms with Crippen molar-refractivity contribution in [3.05, 3.63) is 29.6 Å². The summed E-state index contributed by atoms with van der Waals surface area (Å²) in [6.45, 7) is 2.43. The quantitative estimate of drug-likeness (QED) is 0.784. The molecule has 1 aromatic rings. The first-order valence-corrected chi connectivity index (χ1v) is 5.31. The van der Waals surface area contributed by atoms with Crippen molar-refractivity contribution in [2.75, 3.05) is 25.0 Å². The third-order valence-corrected chi connectivity index (χ3v) is 2.27. The molecule has 1 N–H and O–H groups in total. The lowest BCUT2D eigenvalue weighted by atomic mass is 10.2. The van der Waals surface area contributed by atoms with E-state index >= 15 is 0 Å². The molecule has 1 amide bonds. The zero-order valence-corrected chi connectivity index (χ0v) is 9.87. The second-order valence-corrected chi connectivity index (χ2v) is 3.64. The Labute approximate surface area is 99.4 Å². The van der Waals surface area contributed by atoms with Gasteiger partial charge in [0.05, 0.1) is 12.2 Å². The Hall–Kier alpha value is -1.91. The molecule has 0 aliphatic heterocycles. The molecule has 4 nitrogen and oxygen atoms in total. The second-order valence-electron chi connectivity index (χ2n) is 3.64. The Kier molecular flexibility index (Phi) is 4.63. The van der Waals surface area contributed by atoms with Crippen LogP contribution in [-0.2, 0) is 4.79 Å². The van der Waals surface area contributed by atoms with Crippen LogP contribution in [0.4, 0.5) is 10.1 Å². The van der Waals surface area contributed by atoms with E-state index in [1.165, 1.54) is 17.0 Å². The largest absolute Gasteiger partial charge is 0.363 e. The van der Waals surface area contributed by atoms with Crippen molar-refractivity contribution >= 4 is 17.9 Å². The zero-order chi connectivity index (χ0) is 12.8. The summed E-state index contributed by atoms with van der Waals surface area (Å²) in [6.07, 6.45) is 0.580. The summed E-state index contributed by atoms with van der Waals surface area (Å²) in [6, 6.07) is 4.15. The SMILES string of the molecule is CCNC(=O)CN(C)c1ccc(C=O)cc1F. The third-order valence-electron chi connectivity index (χ3n) is 2.27. The Bertz CT molecular complexity index is 421. The van der Waals surface area contributed by atoms with Crippen molar-refractivity contribution in [3.63, 3.8) is 0 Å². The molecule has 17 heavy (non-hydrogen) atoms. The highest BCUT2D eigenvalue weighted by Crippen LogP contribution is 2.18. The van der Waals surface area contributed by atoms with Crippen LogP contribution in [0, 0.1) is 5.82 Å². The first-order chi connectivity index (χ1) is 8.08. The molecule has 0 atom stereocenters. The maximum absolute atomic E-state index is 13.6. The van der Waals surface area contributed by atoms with E-state index < -0.39 is 5.82 Å². The van der Waals surface area contributed by atoms with Gasteiger partial charge in [-0.2, -0.15) is 0 Å². The van der Waals surface area contributed by atoms with Crippen LogP contribution in [0.1, 0.15) is 17.3 Å². The van der Waals surface area contributed by atoms with Crippen LogP contribution in [0.2, 0.25) is 0 Å². The van der Waals surface area contributed by atoms with Gasteiger partial charge >= 0.3 is 0 Å². The standard InChI is InChI=1S/C12H15FN2O2/c1-3-14-12(17)7-15(2)11-5-4-9(8-16)6-10(11)13/h4-6,8H,3,7H2,1-2H3,(H,14,17). The fraction of sp³-hybridized carbons (Fsp3) is 0.333. The topological polar surface area (TPSA) is 49.4 Å². The van der Waals surface area contributed by atoms with Crippen LogP contribution in [0.5, 0.6) is 0 Å². The number of hydrogen-bond acceptors (Lipinski definition) is 3. The lowest BCUT2D eigenvalue weighted by molar-refractivity contribution is -0.119. The predicted molar refractivity (Wildman–Crippen MR) is 63.7 cm³/mol. The molecule has 1 rings (SSSR count). The molecule has 0 aliphatic carbocycles. The molecule has 5 heteroatoms. The van der Waals surface area contributed by atoms with Crippen molar-refractivity contribution in [1.82, 2.24) is 5.32 Å². The summed E-state index contributed by atoms with van der Waals surface area (Å²) in [5, 5.41) is 2.63. The summed E-state index contributed by atoms with van der Waals surface area (Å²) in [7, 11) is 1.62. The van der Waals surface area contributed by atoms with Crippen molar-refractivity contribution in [2.45, 2.75) is 6.92 Å². The maximum atomic E-state index is 13.6. The second kappa shape index (κ2) is 5.98. The number of amides is 1. The summed E-state index contributed by atoms with van der Waals surface area (Å²) in [5.74, 6) is -0.685. The number of nitrogens with one attached hydrogen (secondary N) is 1. The molecule has 0 unspecified atom stereocenters. The van der Waals surface area contributed by atoms with Crippen LogP contribution in [0.3, 0.4) is 0 Å². The minimum absolute atomic E-state index is 0.0746. The van der Waals surface area contributed by atoms with E-state index in [4.69, 9.17) is 0 Å². The average molecular weight is 238 g/mol. The Balaban J connectivity index is 2.78. The summed E-state index contributed by atoms with van der Waals surface area (Å²) < 4.78 is 13.6. The first-order valence-electron chi connectivity index (χ1n) is 5.31. The van der Waals surface area contributed by atoms with Crippen LogP contribution in [0.15, 0.2) is 18.2 Å². The minimum atomic E-state index is -0.513. The van der Waals surface area contributed by atoms with Crippen LogP contribution in [-0.4, -0.2) is 32.3 Å². The van der Waals surface area contributed by atoms with E-state index in [1.807, 2.05) is 6.92 Å². The molecule has 0 aliphatic rings. The third kappa shape index (κ3) is 3.55. The lowest BCUT2D eigenvalue weighted by Gasteiger charge is -2.19. The van der Waals surface area contributed by atoms with Crippen molar-refractivity contribution in [1.29, 1.82) is 0 Å². The number of halogens is 1. The van der Waals surface area contributed by atoms with Gasteiger partial charge in [-0.05, 0) is 25.1 Å². The van der Waals surface area contributed by atoms with Crippen molar-refractivity contribution in [2.24, 2.45) is 0 Å². The number of carbonyl (C=O) groups is 2. The molecular weight excluding hydrogens is 223 g/mol. The number of aldehydes is 1. The van der Waals surface area contributed by atoms with Gasteiger partial charge in [-0.3, -0.25) is 9.59 Å². The number of anilines is 1. The molecule has 1 aromatic carbocycles. The molecule has 0 saturated carbocycles. The highest BCUT2D eigenvalue weighted by atomic mass is 19.1. The van der Waals surface area contributed by atoms with Crippen LogP contribution in [0.25, 0.3) is 0 Å². The number of benzene rings is 1. The van der Waals surface area contributed by atoms with Gasteiger partial charge in [0.2, 0.25) is 5.91 Å². The van der Waals surface area contributed by atoms with E-state index in [-0.39, 0.29) is 18.0 Å². The number of hydrogen-bond donors (Lipinski definition) is 1. The number of nitrogens with zero attached hydrogens (tertiary/aromatic N) is 1. The van der Waals surface area contributed by atoms with E-state index in [1.54, 1.807) is 7.05 Å². The van der Waals surface area contributed by atoms with Gasteiger partial charge in [0, 0.05) is 19.2 Å². The molecule has 92 valence electrons. The van der Waals surface area contributed by atoms with E-state index in [0.717, 1.165) is 6.07 Å². The Morgan fingerprint density at radius 2 is 2.24 bits per heavy atom. The fourth-order valence-electron chi connectivity index (χ4n) is 1.46. The predicted octanol–water partition coefficient (Wildman–Crippen LogP) is 1.21. The van der Waals surface area contributed by atoms with Gasteiger partial charge in [-0.1, -0.05) is 0 Å². The molecule has 0 radical (unpaired) electrons. The number of likely N-dealkylation sites (N-methyl/N-ethyl adjacent to an activating group) is 2. The van der Waals surface area contributed by atoms with Crippen molar-refractivity contribution in [3.8, 4) is 0 Å². The van der Waals surface area contributed by atoms with Gasteiger partial charge in [0.1, 0.15) is 12.1 Å². The Morgan fingerprint density at radius 3 is 2.76 bits per heavy atom. The molecule has 0 spiro atoms. The molecule has 0 saturated heterocycles. The average Bonchev–Trinajstić information content (AvgIpc) is 2.28. The molecule has 0 fully saturated rings. The smallest absolute Gasteiger partial charge is 0.239 e. The summed E-state index contributed by atoms with van der Waals surface area (Å²) in [4.78, 5) is 23.3. The van der Waals surface area contributed by atoms with Gasteiger partial charge in [0.25, 0.3) is 0 Å². The van der Waals surface area contributed by atoms with Gasteiger partial charge in [0.15, 0.2) is 0 Å². The van der Waals surface area contributed by atoms with Gasteiger partial charge in [-0.25, -0.2) is 4.39 Å². The van der Waals surface area contributed by atoms with Gasteiger partial charge in [-0.15, -0.1) is 0 Å². The van der Waals surface area contributed by atoms with Gasteiger partial charge < -0.3 is 10.2 Å². The molecule has 0 bridgehead atoms. The first kappa shape index (κ1) is 13.2. The van der Waals surface area contributed by atoms with E-state index in [9.17, 15) is 14.0 Å². The molecule has 0 aromatic heterocycles. The summed E-state index contributed by atoms with van der Waals surface area (Å²) >= 11 is 0. The van der Waals surface area contributed by atoms with Crippen LogP contribution < -0.4 is 10.2 Å². The van der Waals surface area contributed by atoms with E-state index in [2.05, 4.69) is 5.32 Å². The minimum Gasteiger partial charge on any atom is -0.363 e. The Morgan fingerprint density at radius 1 is 1.53 bits per heavy atom. The monoisotopic (exact) mass is 238 g/mol. The maximum Gasteiger partial charge on any atom is 0.239 e. The zero-order valence-electron chi connectivity index (χ0n) is 9.87. The molecular formula is C12H15FN2O2. The number of carbonyl (C=O) groups excluding carboxylic acids is 2. The summed E-state index contributed by atoms with van der Waals surface area (Å²) in [5.41, 5.74) is 0.569. The fourth-order valence-corrected chi connectivity index (χ4v) is 1.46. The van der Waals surface area contributed by atoms with E-state index in [0.29, 0.717) is 18.5 Å². The normalized spacial score (nSPS) is 9.82.